The highest BCUT2D eigenvalue weighted by Gasteiger charge is 2.29. The Bertz CT molecular complexity index is 607. The van der Waals surface area contributed by atoms with Crippen LogP contribution in [0.15, 0.2) is 17.0 Å². The van der Waals surface area contributed by atoms with E-state index in [0.29, 0.717) is 24.6 Å². The van der Waals surface area contributed by atoms with E-state index in [1.54, 1.807) is 0 Å². The second-order valence-corrected chi connectivity index (χ2v) is 7.51. The fourth-order valence-corrected chi connectivity index (χ4v) is 4.28. The standard InChI is InChI=1S/C13H18ClFN2O2S/c1-9-3-2-4-17(8-9)20(18,19)11-5-10(7-16)13(14)12(15)6-11/h5-6,9H,2-4,7-8,16H2,1H3. The van der Waals surface area contributed by atoms with Gasteiger partial charge in [0, 0.05) is 19.6 Å². The first-order chi connectivity index (χ1) is 9.36. The van der Waals surface area contributed by atoms with E-state index in [-0.39, 0.29) is 16.5 Å². The molecule has 0 spiro atoms. The molecule has 112 valence electrons. The van der Waals surface area contributed by atoms with Gasteiger partial charge in [-0.15, -0.1) is 0 Å². The van der Waals surface area contributed by atoms with Crippen LogP contribution in [-0.4, -0.2) is 25.8 Å². The van der Waals surface area contributed by atoms with Crippen LogP contribution in [0.3, 0.4) is 0 Å². The van der Waals surface area contributed by atoms with Gasteiger partial charge in [-0.1, -0.05) is 18.5 Å². The van der Waals surface area contributed by atoms with E-state index >= 15 is 0 Å². The third-order valence-electron chi connectivity index (χ3n) is 3.55. The SMILES string of the molecule is CC1CCCN(S(=O)(=O)c2cc(F)c(Cl)c(CN)c2)C1. The van der Waals surface area contributed by atoms with Gasteiger partial charge in [0.1, 0.15) is 5.82 Å². The van der Waals surface area contributed by atoms with Crippen molar-refractivity contribution >= 4 is 21.6 Å². The van der Waals surface area contributed by atoms with Gasteiger partial charge < -0.3 is 5.73 Å². The first kappa shape index (κ1) is 15.7. The average Bonchev–Trinajstić information content (AvgIpc) is 2.41. The van der Waals surface area contributed by atoms with Crippen molar-refractivity contribution in [3.05, 3.63) is 28.5 Å². The molecule has 20 heavy (non-hydrogen) atoms. The van der Waals surface area contributed by atoms with Crippen molar-refractivity contribution in [2.24, 2.45) is 11.7 Å². The second-order valence-electron chi connectivity index (χ2n) is 5.19. The maximum absolute atomic E-state index is 13.7. The zero-order valence-electron chi connectivity index (χ0n) is 11.3. The lowest BCUT2D eigenvalue weighted by atomic mass is 10.0. The number of halogens is 2. The molecule has 1 aliphatic rings. The summed E-state index contributed by atoms with van der Waals surface area (Å²) in [5.41, 5.74) is 5.77. The van der Waals surface area contributed by atoms with E-state index < -0.39 is 15.8 Å². The van der Waals surface area contributed by atoms with Crippen LogP contribution in [0.4, 0.5) is 4.39 Å². The van der Waals surface area contributed by atoms with E-state index in [2.05, 4.69) is 0 Å². The summed E-state index contributed by atoms with van der Waals surface area (Å²) < 4.78 is 40.2. The minimum Gasteiger partial charge on any atom is -0.326 e. The molecule has 1 saturated heterocycles. The van der Waals surface area contributed by atoms with Crippen molar-refractivity contribution in [2.75, 3.05) is 13.1 Å². The maximum atomic E-state index is 13.7. The quantitative estimate of drug-likeness (QED) is 0.930. The van der Waals surface area contributed by atoms with Crippen LogP contribution in [0.2, 0.25) is 5.02 Å². The van der Waals surface area contributed by atoms with E-state index in [4.69, 9.17) is 17.3 Å². The molecule has 1 aromatic carbocycles. The molecule has 2 N–H and O–H groups in total. The number of nitrogens with two attached hydrogens (primary N) is 1. The Balaban J connectivity index is 2.41. The molecule has 2 rings (SSSR count). The lowest BCUT2D eigenvalue weighted by Gasteiger charge is -2.30. The van der Waals surface area contributed by atoms with E-state index in [1.165, 1.54) is 10.4 Å². The topological polar surface area (TPSA) is 63.4 Å². The van der Waals surface area contributed by atoms with Crippen molar-refractivity contribution in [2.45, 2.75) is 31.2 Å². The first-order valence-corrected chi connectivity index (χ1v) is 8.36. The highest BCUT2D eigenvalue weighted by Crippen LogP contribution is 2.28. The monoisotopic (exact) mass is 320 g/mol. The molecule has 1 aliphatic heterocycles. The van der Waals surface area contributed by atoms with E-state index in [9.17, 15) is 12.8 Å². The van der Waals surface area contributed by atoms with Crippen molar-refractivity contribution in [3.63, 3.8) is 0 Å². The van der Waals surface area contributed by atoms with Gasteiger partial charge in [-0.25, -0.2) is 12.8 Å². The molecule has 1 aromatic rings. The zero-order valence-corrected chi connectivity index (χ0v) is 12.8. The normalized spacial score (nSPS) is 21.1. The van der Waals surface area contributed by atoms with Crippen molar-refractivity contribution in [1.82, 2.24) is 4.31 Å². The number of nitrogens with zero attached hydrogens (tertiary/aromatic N) is 1. The Morgan fingerprint density at radius 3 is 2.80 bits per heavy atom. The van der Waals surface area contributed by atoms with Gasteiger partial charge in [-0.2, -0.15) is 4.31 Å². The molecule has 0 bridgehead atoms. The van der Waals surface area contributed by atoms with Crippen LogP contribution in [0.5, 0.6) is 0 Å². The maximum Gasteiger partial charge on any atom is 0.243 e. The third kappa shape index (κ3) is 2.98. The average molecular weight is 321 g/mol. The van der Waals surface area contributed by atoms with Crippen LogP contribution in [-0.2, 0) is 16.6 Å². The largest absolute Gasteiger partial charge is 0.326 e. The molecule has 0 radical (unpaired) electrons. The number of sulfonamides is 1. The summed E-state index contributed by atoms with van der Waals surface area (Å²) in [6.45, 7) is 2.93. The molecular formula is C13H18ClFN2O2S. The second kappa shape index (κ2) is 5.97. The highest BCUT2D eigenvalue weighted by molar-refractivity contribution is 7.89. The smallest absolute Gasteiger partial charge is 0.243 e. The van der Waals surface area contributed by atoms with Crippen LogP contribution in [0, 0.1) is 11.7 Å². The summed E-state index contributed by atoms with van der Waals surface area (Å²) >= 11 is 5.76. The summed E-state index contributed by atoms with van der Waals surface area (Å²) in [6, 6.07) is 2.33. The fraction of sp³-hybridized carbons (Fsp3) is 0.538. The molecule has 0 aliphatic carbocycles. The summed E-state index contributed by atoms with van der Waals surface area (Å²) in [5.74, 6) is -0.442. The number of rotatable bonds is 3. The molecule has 1 unspecified atom stereocenters. The summed E-state index contributed by atoms with van der Waals surface area (Å²) in [7, 11) is -3.69. The van der Waals surface area contributed by atoms with Gasteiger partial charge in [0.05, 0.1) is 9.92 Å². The van der Waals surface area contributed by atoms with Gasteiger partial charge in [0.25, 0.3) is 0 Å². The number of hydrogen-bond donors (Lipinski definition) is 1. The number of benzene rings is 1. The van der Waals surface area contributed by atoms with Crippen molar-refractivity contribution in [3.8, 4) is 0 Å². The number of piperidine rings is 1. The summed E-state index contributed by atoms with van der Waals surface area (Å²) in [5, 5.41) is -0.113. The Morgan fingerprint density at radius 1 is 1.50 bits per heavy atom. The third-order valence-corrected chi connectivity index (χ3v) is 5.82. The minimum absolute atomic E-state index is 0.00445. The van der Waals surface area contributed by atoms with E-state index in [0.717, 1.165) is 18.9 Å². The molecule has 1 fully saturated rings. The molecular weight excluding hydrogens is 303 g/mol. The Morgan fingerprint density at radius 2 is 2.20 bits per heavy atom. The van der Waals surface area contributed by atoms with Crippen LogP contribution >= 0.6 is 11.6 Å². The lowest BCUT2D eigenvalue weighted by Crippen LogP contribution is -2.39. The molecule has 0 saturated carbocycles. The Labute approximate surface area is 123 Å². The molecule has 0 aromatic heterocycles. The van der Waals surface area contributed by atoms with Gasteiger partial charge in [-0.3, -0.25) is 0 Å². The van der Waals surface area contributed by atoms with Gasteiger partial charge in [-0.05, 0) is 36.5 Å². The zero-order chi connectivity index (χ0) is 14.9. The fourth-order valence-electron chi connectivity index (χ4n) is 2.43. The van der Waals surface area contributed by atoms with Gasteiger partial charge in [0.2, 0.25) is 10.0 Å². The Kier molecular flexibility index (Phi) is 4.69. The first-order valence-electron chi connectivity index (χ1n) is 6.54. The summed E-state index contributed by atoms with van der Waals surface area (Å²) in [4.78, 5) is -0.0750. The molecule has 0 amide bonds. The molecule has 1 atom stereocenters. The van der Waals surface area contributed by atoms with Gasteiger partial charge in [0.15, 0.2) is 0 Å². The van der Waals surface area contributed by atoms with E-state index in [1.807, 2.05) is 6.92 Å². The van der Waals surface area contributed by atoms with Crippen LogP contribution in [0.1, 0.15) is 25.3 Å². The van der Waals surface area contributed by atoms with Gasteiger partial charge >= 0.3 is 0 Å². The minimum atomic E-state index is -3.69. The number of hydrogen-bond acceptors (Lipinski definition) is 3. The summed E-state index contributed by atoms with van der Waals surface area (Å²) in [6.07, 6.45) is 1.83. The predicted molar refractivity (Wildman–Crippen MR) is 76.5 cm³/mol. The van der Waals surface area contributed by atoms with Crippen LogP contribution in [0.25, 0.3) is 0 Å². The van der Waals surface area contributed by atoms with Crippen molar-refractivity contribution in [1.29, 1.82) is 0 Å². The molecule has 1 heterocycles. The van der Waals surface area contributed by atoms with Crippen molar-refractivity contribution < 1.29 is 12.8 Å². The highest BCUT2D eigenvalue weighted by atomic mass is 35.5. The molecule has 4 nitrogen and oxygen atoms in total. The Hall–Kier alpha value is -0.690. The lowest BCUT2D eigenvalue weighted by molar-refractivity contribution is 0.281. The molecule has 7 heteroatoms. The predicted octanol–water partition coefficient (Wildman–Crippen LogP) is 2.36. The van der Waals surface area contributed by atoms with Crippen LogP contribution < -0.4 is 5.73 Å².